The molecule has 268 valence electrons. The number of hydrogen-bond donors (Lipinski definition) is 6. The largest absolute Gasteiger partial charge is 0.444 e. The van der Waals surface area contributed by atoms with E-state index in [2.05, 4.69) is 42.0 Å². The Labute approximate surface area is 290 Å². The van der Waals surface area contributed by atoms with Crippen molar-refractivity contribution >= 4 is 45.4 Å². The van der Waals surface area contributed by atoms with Crippen LogP contribution in [0.1, 0.15) is 67.3 Å². The second-order valence-electron chi connectivity index (χ2n) is 12.4. The van der Waals surface area contributed by atoms with Crippen molar-refractivity contribution in [2.24, 2.45) is 16.1 Å². The van der Waals surface area contributed by atoms with Gasteiger partial charge in [0.1, 0.15) is 11.6 Å². The zero-order chi connectivity index (χ0) is 36.9. The minimum atomic E-state index is -4.40. The molecule has 17 heteroatoms. The fraction of sp³-hybridized carbons (Fsp3) is 0.364. The molecule has 0 radical (unpaired) electrons. The number of azo groups is 1. The summed E-state index contributed by atoms with van der Waals surface area (Å²) in [5.74, 6) is -0.937. The SMILES string of the molecule is CC(C)C[C@H](NC(=O)OC(C)(C)C)C(=O)NNc1ccc(C(=O)NCCNC(=O)c2ccc(N=NCc3ccccc3S(=O)(=O)O)nc2)cc1. The molecule has 0 bridgehead atoms. The van der Waals surface area contributed by atoms with Gasteiger partial charge in [-0.2, -0.15) is 13.5 Å². The van der Waals surface area contributed by atoms with Crippen LogP contribution in [0.25, 0.3) is 0 Å². The Morgan fingerprint density at radius 2 is 1.52 bits per heavy atom. The van der Waals surface area contributed by atoms with Crippen LogP contribution < -0.4 is 26.8 Å². The highest BCUT2D eigenvalue weighted by Gasteiger charge is 2.25. The number of benzene rings is 2. The zero-order valence-corrected chi connectivity index (χ0v) is 29.2. The third-order valence-corrected chi connectivity index (χ3v) is 7.52. The molecule has 4 amide bonds. The summed E-state index contributed by atoms with van der Waals surface area (Å²) in [5, 5.41) is 15.8. The molecule has 1 aromatic heterocycles. The number of anilines is 1. The van der Waals surface area contributed by atoms with Gasteiger partial charge in [0.05, 0.1) is 22.7 Å². The highest BCUT2D eigenvalue weighted by molar-refractivity contribution is 7.85. The summed E-state index contributed by atoms with van der Waals surface area (Å²) in [6, 6.07) is 14.3. The lowest BCUT2D eigenvalue weighted by Crippen LogP contribution is -2.50. The van der Waals surface area contributed by atoms with E-state index in [0.717, 1.165) is 0 Å². The summed E-state index contributed by atoms with van der Waals surface area (Å²) in [6.07, 6.45) is 1.00. The molecule has 3 rings (SSSR count). The number of rotatable bonds is 15. The molecule has 0 fully saturated rings. The van der Waals surface area contributed by atoms with Crippen LogP contribution in [-0.2, 0) is 26.2 Å². The van der Waals surface area contributed by atoms with Crippen LogP contribution in [0.3, 0.4) is 0 Å². The van der Waals surface area contributed by atoms with Crippen LogP contribution in [-0.4, -0.2) is 66.5 Å². The molecule has 0 saturated carbocycles. The predicted octanol–water partition coefficient (Wildman–Crippen LogP) is 4.15. The smallest absolute Gasteiger partial charge is 0.408 e. The maximum atomic E-state index is 12.8. The van der Waals surface area contributed by atoms with Crippen LogP contribution in [0.15, 0.2) is 82.0 Å². The summed E-state index contributed by atoms with van der Waals surface area (Å²) >= 11 is 0. The van der Waals surface area contributed by atoms with Crippen molar-refractivity contribution in [3.8, 4) is 0 Å². The summed E-state index contributed by atoms with van der Waals surface area (Å²) in [5.41, 5.74) is 6.01. The third kappa shape index (κ3) is 13.2. The van der Waals surface area contributed by atoms with E-state index in [-0.39, 0.29) is 53.3 Å². The van der Waals surface area contributed by atoms with Gasteiger partial charge in [-0.3, -0.25) is 29.8 Å². The first-order chi connectivity index (χ1) is 23.5. The van der Waals surface area contributed by atoms with Crippen molar-refractivity contribution in [2.75, 3.05) is 18.5 Å². The Balaban J connectivity index is 1.41. The maximum absolute atomic E-state index is 12.8. The topological polar surface area (TPSA) is 230 Å². The molecule has 1 atom stereocenters. The van der Waals surface area contributed by atoms with Gasteiger partial charge in [0.2, 0.25) is 0 Å². The number of nitrogens with one attached hydrogen (secondary N) is 5. The summed E-state index contributed by atoms with van der Waals surface area (Å²) in [6.45, 7) is 9.23. The molecule has 0 spiro atoms. The van der Waals surface area contributed by atoms with Crippen LogP contribution >= 0.6 is 0 Å². The van der Waals surface area contributed by atoms with Gasteiger partial charge in [0, 0.05) is 24.8 Å². The summed E-state index contributed by atoms with van der Waals surface area (Å²) < 4.78 is 37.6. The van der Waals surface area contributed by atoms with Gasteiger partial charge in [-0.15, -0.1) is 5.11 Å². The maximum Gasteiger partial charge on any atom is 0.408 e. The van der Waals surface area contributed by atoms with Gasteiger partial charge in [-0.1, -0.05) is 32.0 Å². The lowest BCUT2D eigenvalue weighted by atomic mass is 10.0. The van der Waals surface area contributed by atoms with Crippen LogP contribution in [0, 0.1) is 5.92 Å². The standard InChI is InChI=1S/C33H42N8O8S/c1-21(2)18-26(38-32(45)49-33(3,4)5)31(44)41-39-25-13-10-22(11-14-25)29(42)34-16-17-35-30(43)24-12-15-28(36-19-24)40-37-20-23-8-6-7-9-27(23)50(46,47)48/h6-15,19,21,26,39H,16-18,20H2,1-5H3,(H,34,42)(H,35,43)(H,38,45)(H,41,44)(H,46,47,48)/t26-/m0/s1. The molecular formula is C33H42N8O8S. The number of pyridine rings is 1. The van der Waals surface area contributed by atoms with Crippen molar-refractivity contribution in [1.29, 1.82) is 0 Å². The molecular weight excluding hydrogens is 668 g/mol. The number of hydrogen-bond acceptors (Lipinski definition) is 11. The van der Waals surface area contributed by atoms with Crippen LogP contribution in [0.4, 0.5) is 16.3 Å². The Morgan fingerprint density at radius 1 is 0.900 bits per heavy atom. The number of alkyl carbamates (subject to hydrolysis) is 1. The number of carbonyl (C=O) groups is 4. The zero-order valence-electron chi connectivity index (χ0n) is 28.4. The van der Waals surface area contributed by atoms with E-state index < -0.39 is 39.7 Å². The molecule has 16 nitrogen and oxygen atoms in total. The number of nitrogens with zero attached hydrogens (tertiary/aromatic N) is 3. The predicted molar refractivity (Wildman–Crippen MR) is 184 cm³/mol. The number of hydrazine groups is 1. The normalized spacial score (nSPS) is 12.2. The number of amides is 4. The molecule has 2 aromatic carbocycles. The summed E-state index contributed by atoms with van der Waals surface area (Å²) in [4.78, 5) is 53.8. The van der Waals surface area contributed by atoms with Crippen molar-refractivity contribution < 1.29 is 36.9 Å². The Bertz CT molecular complexity index is 1770. The van der Waals surface area contributed by atoms with E-state index in [9.17, 15) is 32.1 Å². The fourth-order valence-corrected chi connectivity index (χ4v) is 5.00. The first-order valence-corrected chi connectivity index (χ1v) is 17.1. The highest BCUT2D eigenvalue weighted by Crippen LogP contribution is 2.18. The number of ether oxygens (including phenoxy) is 1. The van der Waals surface area contributed by atoms with E-state index in [1.165, 1.54) is 36.5 Å². The average molecular weight is 711 g/mol. The monoisotopic (exact) mass is 710 g/mol. The molecule has 0 aliphatic carbocycles. The lowest BCUT2D eigenvalue weighted by molar-refractivity contribution is -0.123. The van der Waals surface area contributed by atoms with E-state index >= 15 is 0 Å². The number of aromatic nitrogens is 1. The van der Waals surface area contributed by atoms with Crippen LogP contribution in [0.5, 0.6) is 0 Å². The van der Waals surface area contributed by atoms with E-state index in [0.29, 0.717) is 17.7 Å². The van der Waals surface area contributed by atoms with Crippen LogP contribution in [0.2, 0.25) is 0 Å². The number of carbonyl (C=O) groups excluding carboxylic acids is 4. The van der Waals surface area contributed by atoms with E-state index in [1.54, 1.807) is 51.1 Å². The van der Waals surface area contributed by atoms with Crippen molar-refractivity contribution in [1.82, 2.24) is 26.4 Å². The molecule has 0 saturated heterocycles. The van der Waals surface area contributed by atoms with Gasteiger partial charge in [-0.25, -0.2) is 9.78 Å². The van der Waals surface area contributed by atoms with Gasteiger partial charge < -0.3 is 20.7 Å². The van der Waals surface area contributed by atoms with Gasteiger partial charge >= 0.3 is 6.09 Å². The molecule has 0 unspecified atom stereocenters. The summed E-state index contributed by atoms with van der Waals surface area (Å²) in [7, 11) is -4.40. The molecule has 6 N–H and O–H groups in total. The Morgan fingerprint density at radius 3 is 2.10 bits per heavy atom. The van der Waals surface area contributed by atoms with E-state index in [4.69, 9.17) is 4.74 Å². The second-order valence-corrected chi connectivity index (χ2v) is 13.8. The second kappa shape index (κ2) is 17.8. The average Bonchev–Trinajstić information content (AvgIpc) is 3.04. The molecule has 0 aliphatic rings. The first-order valence-electron chi connectivity index (χ1n) is 15.6. The third-order valence-electron chi connectivity index (χ3n) is 6.56. The van der Waals surface area contributed by atoms with Gasteiger partial charge in [0.15, 0.2) is 5.82 Å². The van der Waals surface area contributed by atoms with E-state index in [1.807, 2.05) is 13.8 Å². The highest BCUT2D eigenvalue weighted by atomic mass is 32.2. The van der Waals surface area contributed by atoms with Crippen molar-refractivity contribution in [3.63, 3.8) is 0 Å². The molecule has 0 aliphatic heterocycles. The Kier molecular flexibility index (Phi) is 13.9. The van der Waals surface area contributed by atoms with Gasteiger partial charge in [0.25, 0.3) is 27.8 Å². The minimum Gasteiger partial charge on any atom is -0.444 e. The molecule has 50 heavy (non-hydrogen) atoms. The molecule has 1 heterocycles. The lowest BCUT2D eigenvalue weighted by Gasteiger charge is -2.24. The first kappa shape index (κ1) is 39.0. The fourth-order valence-electron chi connectivity index (χ4n) is 4.28. The quantitative estimate of drug-likeness (QED) is 0.0571. The van der Waals surface area contributed by atoms with Gasteiger partial charge in [-0.05, 0) is 81.1 Å². The molecule has 3 aromatic rings. The van der Waals surface area contributed by atoms with Crippen molar-refractivity contribution in [3.05, 3.63) is 83.6 Å². The minimum absolute atomic E-state index is 0.111. The Hall–Kier alpha value is -5.42. The van der Waals surface area contributed by atoms with Crippen molar-refractivity contribution in [2.45, 2.75) is 64.1 Å².